The molecule has 0 aromatic carbocycles. The molecule has 0 saturated carbocycles. The average molecular weight is 623 g/mol. The third-order valence-corrected chi connectivity index (χ3v) is 9.08. The lowest BCUT2D eigenvalue weighted by Gasteiger charge is -2.07. The highest BCUT2D eigenvalue weighted by molar-refractivity contribution is 6.06. The summed E-state index contributed by atoms with van der Waals surface area (Å²) in [6.45, 7) is 4.54. The monoisotopic (exact) mass is 623 g/mol. The van der Waals surface area contributed by atoms with Gasteiger partial charge in [-0.15, -0.1) is 0 Å². The largest absolute Gasteiger partial charge is 0.294 e. The van der Waals surface area contributed by atoms with Crippen molar-refractivity contribution in [3.8, 4) is 0 Å². The van der Waals surface area contributed by atoms with E-state index in [2.05, 4.69) is 38.2 Å². The molecule has 0 fully saturated rings. The van der Waals surface area contributed by atoms with Crippen LogP contribution in [0, 0.1) is 0 Å². The molecule has 0 aliphatic rings. The highest BCUT2D eigenvalue weighted by Gasteiger charge is 2.25. The Bertz CT molecular complexity index is 915. The van der Waals surface area contributed by atoms with Crippen LogP contribution in [-0.2, 0) is 7.05 Å². The molecular weight excluding hydrogens is 550 g/mol. The number of allylic oxidation sites excluding steroid dienone is 4. The fourth-order valence-electron chi connectivity index (χ4n) is 6.15. The van der Waals surface area contributed by atoms with E-state index in [-0.39, 0.29) is 11.6 Å². The zero-order valence-corrected chi connectivity index (χ0v) is 30.1. The summed E-state index contributed by atoms with van der Waals surface area (Å²) in [6, 6.07) is 3.75. The van der Waals surface area contributed by atoms with E-state index < -0.39 is 0 Å². The minimum absolute atomic E-state index is 0.114. The van der Waals surface area contributed by atoms with E-state index in [4.69, 9.17) is 0 Å². The van der Waals surface area contributed by atoms with Crippen LogP contribution >= 0.6 is 0 Å². The van der Waals surface area contributed by atoms with Crippen molar-refractivity contribution in [3.05, 3.63) is 53.9 Å². The molecule has 0 amide bonds. The number of Topliss-reactive ketones (excluding diaryl/α,β-unsaturated/α-hetero) is 2. The van der Waals surface area contributed by atoms with Crippen molar-refractivity contribution in [2.45, 2.75) is 194 Å². The maximum absolute atomic E-state index is 13.1. The molecule has 0 bridgehead atoms. The number of hydrogen-bond donors (Lipinski definition) is 0. The molecule has 1 heterocycles. The van der Waals surface area contributed by atoms with Crippen molar-refractivity contribution in [3.63, 3.8) is 0 Å². The second-order valence-electron chi connectivity index (χ2n) is 13.4. The normalized spacial score (nSPS) is 11.7. The minimum Gasteiger partial charge on any atom is -0.294 e. The van der Waals surface area contributed by atoms with Gasteiger partial charge in [-0.3, -0.25) is 9.59 Å². The maximum atomic E-state index is 13.1. The zero-order chi connectivity index (χ0) is 32.6. The Balaban J connectivity index is 2.16. The molecule has 0 radical (unpaired) electrons. The highest BCUT2D eigenvalue weighted by Crippen LogP contribution is 2.16. The molecule has 0 unspecified atom stereocenters. The minimum atomic E-state index is 0.114. The third kappa shape index (κ3) is 23.0. The van der Waals surface area contributed by atoms with Crippen LogP contribution in [-0.4, -0.2) is 11.6 Å². The molecule has 1 aromatic rings. The van der Waals surface area contributed by atoms with E-state index in [9.17, 15) is 9.59 Å². The van der Waals surface area contributed by atoms with Gasteiger partial charge in [0, 0.05) is 18.9 Å². The first kappa shape index (κ1) is 41.0. The predicted molar refractivity (Wildman–Crippen MR) is 195 cm³/mol. The summed E-state index contributed by atoms with van der Waals surface area (Å²) in [7, 11) is 1.89. The third-order valence-electron chi connectivity index (χ3n) is 9.08. The van der Waals surface area contributed by atoms with Gasteiger partial charge in [0.2, 0.25) is 5.78 Å². The summed E-state index contributed by atoms with van der Waals surface area (Å²) in [5.41, 5.74) is 1.22. The van der Waals surface area contributed by atoms with Crippen LogP contribution in [0.2, 0.25) is 0 Å². The van der Waals surface area contributed by atoms with Gasteiger partial charge in [0.25, 0.3) is 5.69 Å². The summed E-state index contributed by atoms with van der Waals surface area (Å²) in [5, 5.41) is 0. The van der Waals surface area contributed by atoms with Gasteiger partial charge in [-0.2, -0.15) is 4.57 Å². The number of carbonyl (C=O) groups is 2. The lowest BCUT2D eigenvalue weighted by molar-refractivity contribution is -0.673. The quantitative estimate of drug-likeness (QED) is 0.0347. The number of aryl methyl sites for hydroxylation is 1. The fourth-order valence-corrected chi connectivity index (χ4v) is 6.15. The van der Waals surface area contributed by atoms with E-state index in [1.807, 2.05) is 29.9 Å². The van der Waals surface area contributed by atoms with E-state index in [0.29, 0.717) is 24.1 Å². The molecule has 0 atom stereocenters. The van der Waals surface area contributed by atoms with Crippen molar-refractivity contribution in [2.24, 2.45) is 7.05 Å². The number of hydrogen-bond acceptors (Lipinski definition) is 2. The first-order valence-corrected chi connectivity index (χ1v) is 19.5. The number of carbonyl (C=O) groups excluding carboxylic acids is 2. The lowest BCUT2D eigenvalue weighted by Crippen LogP contribution is -2.38. The summed E-state index contributed by atoms with van der Waals surface area (Å²) < 4.78 is 1.85. The highest BCUT2D eigenvalue weighted by atomic mass is 16.1. The van der Waals surface area contributed by atoms with E-state index in [1.165, 1.54) is 141 Å². The van der Waals surface area contributed by atoms with E-state index in [1.54, 1.807) is 0 Å². The number of ketones is 2. The van der Waals surface area contributed by atoms with Crippen LogP contribution in [0.4, 0.5) is 0 Å². The second-order valence-corrected chi connectivity index (χ2v) is 13.4. The molecule has 3 heteroatoms. The molecule has 1 aromatic heterocycles. The molecule has 0 N–H and O–H groups in total. The Hall–Kier alpha value is -2.03. The van der Waals surface area contributed by atoms with Crippen LogP contribution in [0.1, 0.15) is 214 Å². The van der Waals surface area contributed by atoms with Gasteiger partial charge in [0.1, 0.15) is 7.05 Å². The Kier molecular flexibility index (Phi) is 27.9. The average Bonchev–Trinajstić information content (AvgIpc) is 3.04. The molecule has 45 heavy (non-hydrogen) atoms. The first-order valence-electron chi connectivity index (χ1n) is 19.5. The predicted octanol–water partition coefficient (Wildman–Crippen LogP) is 13.0. The van der Waals surface area contributed by atoms with E-state index >= 15 is 0 Å². The van der Waals surface area contributed by atoms with Crippen LogP contribution in [0.25, 0.3) is 0 Å². The standard InChI is InChI=1S/C42H72NO2/c1-4-6-8-10-12-14-16-18-20-22-24-26-28-30-32-36-40(44)39-35-34-38-43(3)42(39)41(45)37-33-31-29-27-25-23-21-19-17-15-13-11-9-7-5-2/h18-21,34-35,38H,4-17,22-33,36-37H2,1-3H3/q+1/b20-18-,21-19-. The number of nitrogens with zero attached hydrogens (tertiary/aromatic N) is 1. The van der Waals surface area contributed by atoms with Gasteiger partial charge in [-0.05, 0) is 70.3 Å². The number of aromatic nitrogens is 1. The molecule has 0 saturated heterocycles. The van der Waals surface area contributed by atoms with Gasteiger partial charge in [0.05, 0.1) is 5.56 Å². The zero-order valence-electron chi connectivity index (χ0n) is 30.1. The fraction of sp³-hybridized carbons (Fsp3) is 0.738. The molecule has 3 nitrogen and oxygen atoms in total. The van der Waals surface area contributed by atoms with Crippen molar-refractivity contribution in [1.82, 2.24) is 0 Å². The maximum Gasteiger partial charge on any atom is 0.259 e. The molecule has 1 rings (SSSR count). The topological polar surface area (TPSA) is 38.0 Å². The van der Waals surface area contributed by atoms with Gasteiger partial charge in [-0.25, -0.2) is 0 Å². The smallest absolute Gasteiger partial charge is 0.259 e. The summed E-state index contributed by atoms with van der Waals surface area (Å²) in [6.07, 6.45) is 44.9. The van der Waals surface area contributed by atoms with Crippen molar-refractivity contribution >= 4 is 11.6 Å². The molecular formula is C42H72NO2+. The van der Waals surface area contributed by atoms with Crippen molar-refractivity contribution < 1.29 is 14.2 Å². The molecule has 256 valence electrons. The summed E-state index contributed by atoms with van der Waals surface area (Å²) in [4.78, 5) is 26.2. The Labute approximate surface area is 279 Å². The van der Waals surface area contributed by atoms with Gasteiger partial charge >= 0.3 is 0 Å². The van der Waals surface area contributed by atoms with Gasteiger partial charge in [-0.1, -0.05) is 141 Å². The summed E-state index contributed by atoms with van der Waals surface area (Å²) in [5.74, 6) is 0.236. The molecule has 0 spiro atoms. The SMILES string of the molecule is CCCCCCCC/C=C\CCCCCCCC(=O)c1ccc[n+](C)c1C(=O)CCCCCCC/C=C\CCCCCCCC. The van der Waals surface area contributed by atoms with Crippen LogP contribution in [0.5, 0.6) is 0 Å². The first-order chi connectivity index (χ1) is 22.1. The van der Waals surface area contributed by atoms with Crippen molar-refractivity contribution in [2.75, 3.05) is 0 Å². The Morgan fingerprint density at radius 3 is 1.29 bits per heavy atom. The van der Waals surface area contributed by atoms with Gasteiger partial charge < -0.3 is 0 Å². The number of pyridine rings is 1. The van der Waals surface area contributed by atoms with Crippen LogP contribution in [0.15, 0.2) is 42.6 Å². The van der Waals surface area contributed by atoms with Crippen LogP contribution in [0.3, 0.4) is 0 Å². The molecule has 0 aliphatic carbocycles. The number of rotatable bonds is 32. The summed E-state index contributed by atoms with van der Waals surface area (Å²) >= 11 is 0. The van der Waals surface area contributed by atoms with Crippen molar-refractivity contribution in [1.29, 1.82) is 0 Å². The lowest BCUT2D eigenvalue weighted by atomic mass is 9.98. The van der Waals surface area contributed by atoms with Gasteiger partial charge in [0.15, 0.2) is 12.0 Å². The Morgan fingerprint density at radius 2 is 0.867 bits per heavy atom. The molecule has 0 aliphatic heterocycles. The number of unbranched alkanes of at least 4 members (excludes halogenated alkanes) is 22. The second kappa shape index (κ2) is 30.6. The Morgan fingerprint density at radius 1 is 0.511 bits per heavy atom. The van der Waals surface area contributed by atoms with E-state index in [0.717, 1.165) is 25.7 Å². The van der Waals surface area contributed by atoms with Crippen LogP contribution < -0.4 is 4.57 Å².